The van der Waals surface area contributed by atoms with Crippen molar-refractivity contribution in [3.8, 4) is 22.6 Å². The molecule has 1 saturated heterocycles. The molecule has 2 aromatic heterocycles. The SMILES string of the molecule is COc1cc(OC)c(Cl)c(-c2ccc(C(=O)Nc3ccc(CN4CCN(C)C(C)(C)C4)cn3)c3nccnc23)c1Cl. The molecular formula is C30H32Cl2N6O3. The van der Waals surface area contributed by atoms with Gasteiger partial charge in [-0.25, -0.2) is 4.98 Å². The number of rotatable bonds is 7. The summed E-state index contributed by atoms with van der Waals surface area (Å²) in [5, 5.41) is 3.48. The number of carbonyl (C=O) groups excluding carboxylic acids is 1. The number of ether oxygens (including phenoxy) is 2. The monoisotopic (exact) mass is 594 g/mol. The zero-order valence-corrected chi connectivity index (χ0v) is 25.2. The number of anilines is 1. The van der Waals surface area contributed by atoms with Crippen LogP contribution in [0.1, 0.15) is 29.8 Å². The lowest BCUT2D eigenvalue weighted by Crippen LogP contribution is -2.57. The van der Waals surface area contributed by atoms with Gasteiger partial charge in [0.15, 0.2) is 0 Å². The molecule has 4 aromatic rings. The number of nitrogens with one attached hydrogen (secondary N) is 1. The van der Waals surface area contributed by atoms with Gasteiger partial charge < -0.3 is 14.8 Å². The summed E-state index contributed by atoms with van der Waals surface area (Å²) < 4.78 is 10.9. The topological polar surface area (TPSA) is 92.7 Å². The van der Waals surface area contributed by atoms with Crippen LogP contribution in [0.5, 0.6) is 11.5 Å². The number of hydrogen-bond donors (Lipinski definition) is 1. The van der Waals surface area contributed by atoms with Gasteiger partial charge in [-0.2, -0.15) is 0 Å². The van der Waals surface area contributed by atoms with Crippen LogP contribution in [0.2, 0.25) is 10.0 Å². The number of carbonyl (C=O) groups is 1. The van der Waals surface area contributed by atoms with E-state index in [1.807, 2.05) is 18.3 Å². The quantitative estimate of drug-likeness (QED) is 0.287. The van der Waals surface area contributed by atoms with E-state index in [0.717, 1.165) is 31.7 Å². The summed E-state index contributed by atoms with van der Waals surface area (Å²) in [6, 6.07) is 8.84. The Kier molecular flexibility index (Phi) is 8.33. The maximum atomic E-state index is 13.4. The number of amides is 1. The molecule has 1 aliphatic rings. The van der Waals surface area contributed by atoms with Gasteiger partial charge in [0.25, 0.3) is 5.91 Å². The first-order valence-corrected chi connectivity index (χ1v) is 13.9. The molecule has 0 spiro atoms. The fraction of sp³-hybridized carbons (Fsp3) is 0.333. The van der Waals surface area contributed by atoms with Gasteiger partial charge in [0, 0.05) is 67.5 Å². The Labute approximate surface area is 249 Å². The molecule has 1 amide bonds. The Morgan fingerprint density at radius 1 is 0.976 bits per heavy atom. The summed E-state index contributed by atoms with van der Waals surface area (Å²) in [6.07, 6.45) is 4.89. The second kappa shape index (κ2) is 11.8. The lowest BCUT2D eigenvalue weighted by molar-refractivity contribution is 0.0359. The van der Waals surface area contributed by atoms with Crippen LogP contribution in [0.15, 0.2) is 48.9 Å². The molecule has 0 unspecified atom stereocenters. The molecule has 0 saturated carbocycles. The number of halogens is 2. The average molecular weight is 596 g/mol. The molecule has 1 fully saturated rings. The van der Waals surface area contributed by atoms with Crippen LogP contribution >= 0.6 is 23.2 Å². The van der Waals surface area contributed by atoms with E-state index in [1.165, 1.54) is 20.4 Å². The minimum atomic E-state index is -0.358. The van der Waals surface area contributed by atoms with Crippen molar-refractivity contribution >= 4 is 46.0 Å². The second-order valence-electron chi connectivity index (χ2n) is 10.6. The predicted octanol–water partition coefficient (Wildman–Crippen LogP) is 5.79. The minimum Gasteiger partial charge on any atom is -0.495 e. The Morgan fingerprint density at radius 3 is 2.27 bits per heavy atom. The molecule has 1 N–H and O–H groups in total. The smallest absolute Gasteiger partial charge is 0.259 e. The van der Waals surface area contributed by atoms with Crippen molar-refractivity contribution in [1.29, 1.82) is 0 Å². The van der Waals surface area contributed by atoms with E-state index < -0.39 is 0 Å². The molecule has 0 radical (unpaired) electrons. The van der Waals surface area contributed by atoms with Gasteiger partial charge >= 0.3 is 0 Å². The number of nitrogens with zero attached hydrogens (tertiary/aromatic N) is 5. The molecule has 5 rings (SSSR count). The van der Waals surface area contributed by atoms with Gasteiger partial charge in [0.05, 0.1) is 35.3 Å². The molecule has 214 valence electrons. The number of fused-ring (bicyclic) bond motifs is 1. The fourth-order valence-corrected chi connectivity index (χ4v) is 5.78. The van der Waals surface area contributed by atoms with E-state index >= 15 is 0 Å². The molecule has 0 bridgehead atoms. The van der Waals surface area contributed by atoms with Crippen LogP contribution in [0, 0.1) is 0 Å². The van der Waals surface area contributed by atoms with E-state index in [9.17, 15) is 4.79 Å². The number of likely N-dealkylation sites (N-methyl/N-ethyl adjacent to an activating group) is 1. The first-order chi connectivity index (χ1) is 19.6. The van der Waals surface area contributed by atoms with Crippen molar-refractivity contribution in [1.82, 2.24) is 24.8 Å². The van der Waals surface area contributed by atoms with Gasteiger partial charge in [0.1, 0.15) is 22.8 Å². The average Bonchev–Trinajstić information content (AvgIpc) is 2.96. The van der Waals surface area contributed by atoms with E-state index in [2.05, 4.69) is 51.0 Å². The van der Waals surface area contributed by atoms with E-state index in [4.69, 9.17) is 32.7 Å². The largest absolute Gasteiger partial charge is 0.495 e. The molecule has 0 atom stereocenters. The van der Waals surface area contributed by atoms with Crippen LogP contribution in [-0.4, -0.2) is 77.1 Å². The highest BCUT2D eigenvalue weighted by Crippen LogP contribution is 2.47. The maximum Gasteiger partial charge on any atom is 0.259 e. The van der Waals surface area contributed by atoms with Crippen LogP contribution in [0.25, 0.3) is 22.2 Å². The van der Waals surface area contributed by atoms with E-state index in [1.54, 1.807) is 24.4 Å². The highest BCUT2D eigenvalue weighted by molar-refractivity contribution is 6.41. The number of hydrogen-bond acceptors (Lipinski definition) is 8. The Balaban J connectivity index is 1.40. The summed E-state index contributed by atoms with van der Waals surface area (Å²) in [5.41, 5.74) is 3.46. The number of methoxy groups -OCH3 is 2. The lowest BCUT2D eigenvalue weighted by atomic mass is 9.99. The van der Waals surface area contributed by atoms with Crippen LogP contribution in [0.4, 0.5) is 5.82 Å². The fourth-order valence-electron chi connectivity index (χ4n) is 5.07. The van der Waals surface area contributed by atoms with Gasteiger partial charge in [0.2, 0.25) is 0 Å². The second-order valence-corrected chi connectivity index (χ2v) is 11.4. The summed E-state index contributed by atoms with van der Waals surface area (Å²) in [6.45, 7) is 8.32. The van der Waals surface area contributed by atoms with Crippen molar-refractivity contribution < 1.29 is 14.3 Å². The summed E-state index contributed by atoms with van der Waals surface area (Å²) in [5.74, 6) is 0.881. The number of aromatic nitrogens is 3. The standard InChI is InChI=1S/C30H32Cl2N6O3/c1-30(2)17-38(13-12-37(30)3)16-18-6-9-23(35-15-18)36-29(39)20-8-7-19(27-28(20)34-11-10-33-27)24-25(31)21(40-4)14-22(41-5)26(24)32/h6-11,14-15H,12-13,16-17H2,1-5H3,(H,35,36,39). The zero-order valence-electron chi connectivity index (χ0n) is 23.7. The number of piperazine rings is 1. The first kappa shape index (κ1) is 29.0. The molecular weight excluding hydrogens is 563 g/mol. The highest BCUT2D eigenvalue weighted by atomic mass is 35.5. The molecule has 1 aliphatic heterocycles. The minimum absolute atomic E-state index is 0.121. The van der Waals surface area contributed by atoms with Gasteiger partial charge in [-0.05, 0) is 38.6 Å². The Morgan fingerprint density at radius 2 is 1.66 bits per heavy atom. The Bertz CT molecular complexity index is 1570. The van der Waals surface area contributed by atoms with Crippen LogP contribution in [0.3, 0.4) is 0 Å². The van der Waals surface area contributed by atoms with Crippen molar-refractivity contribution in [2.75, 3.05) is 46.2 Å². The normalized spacial score (nSPS) is 15.6. The predicted molar refractivity (Wildman–Crippen MR) is 162 cm³/mol. The van der Waals surface area contributed by atoms with Crippen LogP contribution in [-0.2, 0) is 6.54 Å². The third-order valence-electron chi connectivity index (χ3n) is 7.58. The summed E-state index contributed by atoms with van der Waals surface area (Å²) in [4.78, 5) is 31.7. The molecule has 3 heterocycles. The Hall–Kier alpha value is -3.50. The van der Waals surface area contributed by atoms with Crippen LogP contribution < -0.4 is 14.8 Å². The highest BCUT2D eigenvalue weighted by Gasteiger charge is 2.31. The lowest BCUT2D eigenvalue weighted by Gasteiger charge is -2.45. The van der Waals surface area contributed by atoms with Crippen molar-refractivity contribution in [3.05, 3.63) is 70.1 Å². The molecule has 0 aliphatic carbocycles. The van der Waals surface area contributed by atoms with Gasteiger partial charge in [-0.15, -0.1) is 0 Å². The zero-order chi connectivity index (χ0) is 29.3. The summed E-state index contributed by atoms with van der Waals surface area (Å²) in [7, 11) is 5.19. The third-order valence-corrected chi connectivity index (χ3v) is 8.33. The number of pyridine rings is 1. The molecule has 2 aromatic carbocycles. The molecule has 11 heteroatoms. The van der Waals surface area contributed by atoms with Crippen molar-refractivity contribution in [2.45, 2.75) is 25.9 Å². The van der Waals surface area contributed by atoms with Gasteiger partial charge in [-0.1, -0.05) is 35.3 Å². The van der Waals surface area contributed by atoms with E-state index in [-0.39, 0.29) is 11.4 Å². The third kappa shape index (κ3) is 5.81. The van der Waals surface area contributed by atoms with Crippen molar-refractivity contribution in [3.63, 3.8) is 0 Å². The maximum absolute atomic E-state index is 13.4. The van der Waals surface area contributed by atoms with Crippen molar-refractivity contribution in [2.24, 2.45) is 0 Å². The summed E-state index contributed by atoms with van der Waals surface area (Å²) >= 11 is 13.4. The molecule has 9 nitrogen and oxygen atoms in total. The first-order valence-electron chi connectivity index (χ1n) is 13.2. The van der Waals surface area contributed by atoms with E-state index in [0.29, 0.717) is 55.1 Å². The molecule has 41 heavy (non-hydrogen) atoms. The van der Waals surface area contributed by atoms with Gasteiger partial charge in [-0.3, -0.25) is 24.6 Å². The number of benzene rings is 2.